The number of alkyl halides is 1. The molecule has 13 heavy (non-hydrogen) atoms. The van der Waals surface area contributed by atoms with Crippen LogP contribution in [0.25, 0.3) is 0 Å². The van der Waals surface area contributed by atoms with Gasteiger partial charge < -0.3 is 5.73 Å². The molecule has 0 saturated carbocycles. The summed E-state index contributed by atoms with van der Waals surface area (Å²) in [6.45, 7) is 0. The van der Waals surface area contributed by atoms with Gasteiger partial charge in [-0.2, -0.15) is 0 Å². The summed E-state index contributed by atoms with van der Waals surface area (Å²) >= 11 is 6.98. The minimum atomic E-state index is -0.371. The number of hydrogen-bond acceptors (Lipinski definition) is 2. The lowest BCUT2D eigenvalue weighted by Crippen LogP contribution is -2.26. The third-order valence-electron chi connectivity index (χ3n) is 1.48. The Morgan fingerprint density at radius 1 is 1.46 bits per heavy atom. The molecular formula is C9H10ClNOS. The number of hydrogen-bond donors (Lipinski definition) is 1. The smallest absolute Gasteiger partial charge is 0.232 e. The van der Waals surface area contributed by atoms with Crippen molar-refractivity contribution in [3.8, 4) is 0 Å². The van der Waals surface area contributed by atoms with Crippen LogP contribution in [-0.2, 0) is 4.79 Å². The van der Waals surface area contributed by atoms with Gasteiger partial charge in [0.2, 0.25) is 5.91 Å². The highest BCUT2D eigenvalue weighted by atomic mass is 35.5. The van der Waals surface area contributed by atoms with E-state index in [1.54, 1.807) is 0 Å². The maximum absolute atomic E-state index is 10.9. The number of nitrogens with two attached hydrogens (primary N) is 1. The molecule has 0 saturated heterocycles. The Morgan fingerprint density at radius 3 is 2.54 bits per heavy atom. The predicted molar refractivity (Wildman–Crippen MR) is 56.0 cm³/mol. The molecule has 0 aliphatic carbocycles. The van der Waals surface area contributed by atoms with Gasteiger partial charge in [-0.05, 0) is 12.1 Å². The monoisotopic (exact) mass is 215 g/mol. The lowest BCUT2D eigenvalue weighted by molar-refractivity contribution is -0.117. The molecule has 0 fully saturated rings. The molecule has 1 unspecified atom stereocenters. The first-order valence-electron chi connectivity index (χ1n) is 3.81. The van der Waals surface area contributed by atoms with Crippen molar-refractivity contribution in [1.29, 1.82) is 0 Å². The highest BCUT2D eigenvalue weighted by Gasteiger charge is 2.14. The van der Waals surface area contributed by atoms with Crippen LogP contribution in [0.1, 0.15) is 0 Å². The Labute approximate surface area is 86.5 Å². The van der Waals surface area contributed by atoms with E-state index in [0.29, 0.717) is 0 Å². The first kappa shape index (κ1) is 10.4. The van der Waals surface area contributed by atoms with E-state index in [1.165, 1.54) is 11.8 Å². The van der Waals surface area contributed by atoms with Crippen LogP contribution in [0, 0.1) is 0 Å². The lowest BCUT2D eigenvalue weighted by Gasteiger charge is -2.08. The fourth-order valence-corrected chi connectivity index (χ4v) is 1.99. The summed E-state index contributed by atoms with van der Waals surface area (Å²) in [5, 5.41) is -0.343. The van der Waals surface area contributed by atoms with E-state index in [1.807, 2.05) is 30.3 Å². The number of rotatable bonds is 4. The van der Waals surface area contributed by atoms with Gasteiger partial charge in [0.05, 0.1) is 0 Å². The highest BCUT2D eigenvalue weighted by Crippen LogP contribution is 2.23. The molecule has 4 heteroatoms. The van der Waals surface area contributed by atoms with E-state index in [0.717, 1.165) is 4.90 Å². The molecular weight excluding hydrogens is 206 g/mol. The van der Waals surface area contributed by atoms with Gasteiger partial charge in [-0.15, -0.1) is 23.4 Å². The first-order chi connectivity index (χ1) is 6.24. The van der Waals surface area contributed by atoms with Crippen molar-refractivity contribution in [1.82, 2.24) is 0 Å². The van der Waals surface area contributed by atoms with Gasteiger partial charge in [0, 0.05) is 10.8 Å². The van der Waals surface area contributed by atoms with E-state index in [2.05, 4.69) is 0 Å². The molecule has 0 spiro atoms. The summed E-state index contributed by atoms with van der Waals surface area (Å²) in [5.41, 5.74) is 5.15. The Balaban J connectivity index is 2.62. The van der Waals surface area contributed by atoms with Gasteiger partial charge in [0.25, 0.3) is 0 Å². The van der Waals surface area contributed by atoms with Crippen molar-refractivity contribution in [2.24, 2.45) is 5.73 Å². The van der Waals surface area contributed by atoms with Gasteiger partial charge in [-0.1, -0.05) is 18.2 Å². The molecule has 70 valence electrons. The maximum Gasteiger partial charge on any atom is 0.232 e. The molecule has 1 aromatic carbocycles. The minimum Gasteiger partial charge on any atom is -0.369 e. The lowest BCUT2D eigenvalue weighted by atomic mass is 10.4. The maximum atomic E-state index is 10.9. The average molecular weight is 216 g/mol. The van der Waals surface area contributed by atoms with E-state index in [9.17, 15) is 4.79 Å². The van der Waals surface area contributed by atoms with Crippen molar-refractivity contribution in [3.63, 3.8) is 0 Å². The van der Waals surface area contributed by atoms with Gasteiger partial charge >= 0.3 is 0 Å². The van der Waals surface area contributed by atoms with Crippen LogP contribution in [0.15, 0.2) is 35.2 Å². The number of thioether (sulfide) groups is 1. The average Bonchev–Trinajstić information content (AvgIpc) is 2.15. The van der Waals surface area contributed by atoms with Crippen molar-refractivity contribution in [2.45, 2.75) is 10.1 Å². The molecule has 0 radical (unpaired) electrons. The van der Waals surface area contributed by atoms with Crippen molar-refractivity contribution in [3.05, 3.63) is 30.3 Å². The van der Waals surface area contributed by atoms with Crippen LogP contribution in [-0.4, -0.2) is 17.0 Å². The first-order valence-corrected chi connectivity index (χ1v) is 5.22. The zero-order chi connectivity index (χ0) is 9.68. The van der Waals surface area contributed by atoms with E-state index in [4.69, 9.17) is 17.3 Å². The molecule has 0 bridgehead atoms. The van der Waals surface area contributed by atoms with Crippen LogP contribution in [0.5, 0.6) is 0 Å². The third-order valence-corrected chi connectivity index (χ3v) is 3.20. The molecule has 1 aromatic rings. The fraction of sp³-hybridized carbons (Fsp3) is 0.222. The molecule has 0 aliphatic heterocycles. The van der Waals surface area contributed by atoms with E-state index in [-0.39, 0.29) is 17.0 Å². The number of carbonyl (C=O) groups excluding carboxylic acids is 1. The second kappa shape index (κ2) is 5.14. The SMILES string of the molecule is NC(=O)C(CCl)Sc1ccccc1. The molecule has 2 N–H and O–H groups in total. The summed E-state index contributed by atoms with van der Waals surface area (Å²) in [7, 11) is 0. The molecule has 0 aliphatic rings. The molecule has 2 nitrogen and oxygen atoms in total. The van der Waals surface area contributed by atoms with Gasteiger partial charge in [-0.25, -0.2) is 0 Å². The number of benzene rings is 1. The van der Waals surface area contributed by atoms with E-state index < -0.39 is 0 Å². The summed E-state index contributed by atoms with van der Waals surface area (Å²) in [5.74, 6) is -0.126. The molecule has 0 aromatic heterocycles. The number of primary amides is 1. The normalized spacial score (nSPS) is 12.4. The van der Waals surface area contributed by atoms with Crippen LogP contribution < -0.4 is 5.73 Å². The number of halogens is 1. The summed E-state index contributed by atoms with van der Waals surface area (Å²) in [6.07, 6.45) is 0. The van der Waals surface area contributed by atoms with Crippen LogP contribution in [0.2, 0.25) is 0 Å². The van der Waals surface area contributed by atoms with Crippen molar-refractivity contribution < 1.29 is 4.79 Å². The number of amides is 1. The van der Waals surface area contributed by atoms with Crippen molar-refractivity contribution >= 4 is 29.3 Å². The Kier molecular flexibility index (Phi) is 4.12. The summed E-state index contributed by atoms with van der Waals surface area (Å²) < 4.78 is 0. The molecule has 1 rings (SSSR count). The Hall–Kier alpha value is -0.670. The van der Waals surface area contributed by atoms with Crippen LogP contribution >= 0.6 is 23.4 Å². The zero-order valence-corrected chi connectivity index (χ0v) is 8.52. The summed E-state index contributed by atoms with van der Waals surface area (Å²) in [4.78, 5) is 11.9. The zero-order valence-electron chi connectivity index (χ0n) is 6.94. The predicted octanol–water partition coefficient (Wildman–Crippen LogP) is 1.87. The third kappa shape index (κ3) is 3.28. The summed E-state index contributed by atoms with van der Waals surface area (Å²) in [6, 6.07) is 9.59. The second-order valence-electron chi connectivity index (χ2n) is 2.48. The molecule has 1 atom stereocenters. The molecule has 1 amide bonds. The van der Waals surface area contributed by atoms with Gasteiger partial charge in [0.15, 0.2) is 0 Å². The highest BCUT2D eigenvalue weighted by molar-refractivity contribution is 8.00. The standard InChI is InChI=1S/C9H10ClNOS/c10-6-8(9(11)12)13-7-4-2-1-3-5-7/h1-5,8H,6H2,(H2,11,12). The fourth-order valence-electron chi connectivity index (χ4n) is 0.829. The Bertz CT molecular complexity index is 278. The van der Waals surface area contributed by atoms with Crippen molar-refractivity contribution in [2.75, 3.05) is 5.88 Å². The van der Waals surface area contributed by atoms with Crippen LogP contribution in [0.3, 0.4) is 0 Å². The van der Waals surface area contributed by atoms with Gasteiger partial charge in [-0.3, -0.25) is 4.79 Å². The quantitative estimate of drug-likeness (QED) is 0.616. The second-order valence-corrected chi connectivity index (χ2v) is 4.06. The van der Waals surface area contributed by atoms with Crippen LogP contribution in [0.4, 0.5) is 0 Å². The number of carbonyl (C=O) groups is 1. The van der Waals surface area contributed by atoms with E-state index >= 15 is 0 Å². The largest absolute Gasteiger partial charge is 0.369 e. The minimum absolute atomic E-state index is 0.245. The van der Waals surface area contributed by atoms with Gasteiger partial charge in [0.1, 0.15) is 5.25 Å². The topological polar surface area (TPSA) is 43.1 Å². The Morgan fingerprint density at radius 2 is 2.08 bits per heavy atom. The molecule has 0 heterocycles.